The summed E-state index contributed by atoms with van der Waals surface area (Å²) in [7, 11) is 0. The van der Waals surface area contributed by atoms with Gasteiger partial charge in [-0.15, -0.1) is 0 Å². The van der Waals surface area contributed by atoms with E-state index in [1.54, 1.807) is 12.1 Å². The SMILES string of the molecule is C/C=C/c1ccc(CC(C)CC)cc1F. The fraction of sp³-hybridized carbons (Fsp3) is 0.429. The van der Waals surface area contributed by atoms with Crippen molar-refractivity contribution in [3.8, 4) is 0 Å². The van der Waals surface area contributed by atoms with Crippen molar-refractivity contribution in [2.45, 2.75) is 33.6 Å². The smallest absolute Gasteiger partial charge is 0.130 e. The minimum absolute atomic E-state index is 0.117. The Hall–Kier alpha value is -1.11. The van der Waals surface area contributed by atoms with Crippen LogP contribution in [-0.4, -0.2) is 0 Å². The molecule has 0 saturated heterocycles. The average molecular weight is 206 g/mol. The van der Waals surface area contributed by atoms with E-state index in [9.17, 15) is 4.39 Å². The summed E-state index contributed by atoms with van der Waals surface area (Å²) < 4.78 is 13.5. The van der Waals surface area contributed by atoms with Crippen molar-refractivity contribution in [3.63, 3.8) is 0 Å². The van der Waals surface area contributed by atoms with Crippen molar-refractivity contribution in [1.82, 2.24) is 0 Å². The lowest BCUT2D eigenvalue weighted by Crippen LogP contribution is -1.98. The van der Waals surface area contributed by atoms with Crippen LogP contribution in [0.15, 0.2) is 24.3 Å². The molecule has 0 fully saturated rings. The molecule has 0 nitrogen and oxygen atoms in total. The van der Waals surface area contributed by atoms with E-state index in [-0.39, 0.29) is 5.82 Å². The van der Waals surface area contributed by atoms with E-state index < -0.39 is 0 Å². The molecule has 0 radical (unpaired) electrons. The molecular weight excluding hydrogens is 187 g/mol. The van der Waals surface area contributed by atoms with Gasteiger partial charge in [-0.3, -0.25) is 0 Å². The molecule has 0 amide bonds. The first-order valence-electron chi connectivity index (χ1n) is 5.58. The van der Waals surface area contributed by atoms with Crippen molar-refractivity contribution in [2.24, 2.45) is 5.92 Å². The summed E-state index contributed by atoms with van der Waals surface area (Å²) in [6, 6.07) is 5.53. The van der Waals surface area contributed by atoms with E-state index in [1.165, 1.54) is 0 Å². The molecule has 1 unspecified atom stereocenters. The van der Waals surface area contributed by atoms with Gasteiger partial charge in [0.1, 0.15) is 5.82 Å². The van der Waals surface area contributed by atoms with E-state index in [2.05, 4.69) is 13.8 Å². The Balaban J connectivity index is 2.82. The molecule has 0 aliphatic rings. The van der Waals surface area contributed by atoms with E-state index in [4.69, 9.17) is 0 Å². The molecule has 0 heterocycles. The van der Waals surface area contributed by atoms with E-state index in [0.717, 1.165) is 18.4 Å². The number of hydrogen-bond donors (Lipinski definition) is 0. The second kappa shape index (κ2) is 5.69. The maximum absolute atomic E-state index is 13.5. The van der Waals surface area contributed by atoms with Crippen LogP contribution in [0, 0.1) is 11.7 Å². The fourth-order valence-electron chi connectivity index (χ4n) is 1.56. The molecule has 0 aliphatic heterocycles. The maximum atomic E-state index is 13.5. The van der Waals surface area contributed by atoms with Gasteiger partial charge in [0.2, 0.25) is 0 Å². The third-order valence-corrected chi connectivity index (χ3v) is 2.69. The van der Waals surface area contributed by atoms with E-state index >= 15 is 0 Å². The molecule has 82 valence electrons. The lowest BCUT2D eigenvalue weighted by Gasteiger charge is -2.08. The van der Waals surface area contributed by atoms with Gasteiger partial charge in [-0.25, -0.2) is 4.39 Å². The molecule has 1 atom stereocenters. The van der Waals surface area contributed by atoms with Crippen LogP contribution in [0.4, 0.5) is 4.39 Å². The van der Waals surface area contributed by atoms with Gasteiger partial charge >= 0.3 is 0 Å². The minimum Gasteiger partial charge on any atom is -0.206 e. The third kappa shape index (κ3) is 3.50. The lowest BCUT2D eigenvalue weighted by atomic mass is 9.98. The Morgan fingerprint density at radius 3 is 2.67 bits per heavy atom. The summed E-state index contributed by atoms with van der Waals surface area (Å²) in [6.07, 6.45) is 5.75. The van der Waals surface area contributed by atoms with Crippen LogP contribution in [0.1, 0.15) is 38.3 Å². The van der Waals surface area contributed by atoms with Crippen LogP contribution >= 0.6 is 0 Å². The molecule has 0 aliphatic carbocycles. The van der Waals surface area contributed by atoms with Gasteiger partial charge in [0, 0.05) is 5.56 Å². The van der Waals surface area contributed by atoms with Crippen molar-refractivity contribution < 1.29 is 4.39 Å². The second-order valence-electron chi connectivity index (χ2n) is 4.07. The largest absolute Gasteiger partial charge is 0.206 e. The van der Waals surface area contributed by atoms with Crippen molar-refractivity contribution in [3.05, 3.63) is 41.2 Å². The highest BCUT2D eigenvalue weighted by atomic mass is 19.1. The Kier molecular flexibility index (Phi) is 4.54. The van der Waals surface area contributed by atoms with Crippen molar-refractivity contribution in [1.29, 1.82) is 0 Å². The standard InChI is InChI=1S/C14H19F/c1-4-6-13-8-7-12(10-14(13)15)9-11(3)5-2/h4,6-8,10-11H,5,9H2,1-3H3/b6-4+. The Labute approximate surface area is 91.8 Å². The number of halogens is 1. The molecule has 1 rings (SSSR count). The van der Waals surface area contributed by atoms with Gasteiger partial charge in [-0.2, -0.15) is 0 Å². The van der Waals surface area contributed by atoms with Crippen LogP contribution in [0.25, 0.3) is 6.08 Å². The molecule has 0 N–H and O–H groups in total. The van der Waals surface area contributed by atoms with Gasteiger partial charge < -0.3 is 0 Å². The fourth-order valence-corrected chi connectivity index (χ4v) is 1.56. The van der Waals surface area contributed by atoms with Gasteiger partial charge in [-0.1, -0.05) is 44.6 Å². The van der Waals surface area contributed by atoms with Crippen LogP contribution < -0.4 is 0 Å². The first-order valence-corrected chi connectivity index (χ1v) is 5.58. The first kappa shape index (κ1) is 12.0. The number of benzene rings is 1. The molecule has 0 saturated carbocycles. The van der Waals surface area contributed by atoms with E-state index in [0.29, 0.717) is 11.5 Å². The molecule has 0 bridgehead atoms. The molecular formula is C14H19F. The monoisotopic (exact) mass is 206 g/mol. The average Bonchev–Trinajstić information content (AvgIpc) is 2.22. The normalized spacial score (nSPS) is 13.3. The maximum Gasteiger partial charge on any atom is 0.130 e. The predicted octanol–water partition coefficient (Wildman–Crippen LogP) is 4.45. The van der Waals surface area contributed by atoms with Crippen LogP contribution in [0.5, 0.6) is 0 Å². The highest BCUT2D eigenvalue weighted by molar-refractivity contribution is 5.50. The molecule has 0 aromatic heterocycles. The number of rotatable bonds is 4. The van der Waals surface area contributed by atoms with Crippen LogP contribution in [-0.2, 0) is 6.42 Å². The quantitative estimate of drug-likeness (QED) is 0.683. The summed E-state index contributed by atoms with van der Waals surface area (Å²) in [5.41, 5.74) is 1.76. The summed E-state index contributed by atoms with van der Waals surface area (Å²) in [5, 5.41) is 0. The molecule has 15 heavy (non-hydrogen) atoms. The van der Waals surface area contributed by atoms with Crippen LogP contribution in [0.3, 0.4) is 0 Å². The summed E-state index contributed by atoms with van der Waals surface area (Å²) in [4.78, 5) is 0. The topological polar surface area (TPSA) is 0 Å². The minimum atomic E-state index is -0.117. The summed E-state index contributed by atoms with van der Waals surface area (Å²) in [5.74, 6) is 0.505. The van der Waals surface area contributed by atoms with Gasteiger partial charge in [0.25, 0.3) is 0 Å². The molecule has 0 spiro atoms. The Morgan fingerprint density at radius 2 is 2.13 bits per heavy atom. The highest BCUT2D eigenvalue weighted by Gasteiger charge is 2.04. The zero-order valence-corrected chi connectivity index (χ0v) is 9.76. The molecule has 1 aromatic rings. The Morgan fingerprint density at radius 1 is 1.40 bits per heavy atom. The highest BCUT2D eigenvalue weighted by Crippen LogP contribution is 2.16. The second-order valence-corrected chi connectivity index (χ2v) is 4.07. The van der Waals surface area contributed by atoms with E-state index in [1.807, 2.05) is 25.1 Å². The summed E-state index contributed by atoms with van der Waals surface area (Å²) >= 11 is 0. The van der Waals surface area contributed by atoms with Gasteiger partial charge in [-0.05, 0) is 30.9 Å². The van der Waals surface area contributed by atoms with Gasteiger partial charge in [0.05, 0.1) is 0 Å². The zero-order valence-electron chi connectivity index (χ0n) is 9.76. The number of hydrogen-bond acceptors (Lipinski definition) is 0. The molecule has 1 heteroatoms. The summed E-state index contributed by atoms with van der Waals surface area (Å²) in [6.45, 7) is 6.25. The van der Waals surface area contributed by atoms with Crippen LogP contribution in [0.2, 0.25) is 0 Å². The number of allylic oxidation sites excluding steroid dienone is 1. The predicted molar refractivity (Wildman–Crippen MR) is 64.3 cm³/mol. The van der Waals surface area contributed by atoms with Crippen molar-refractivity contribution >= 4 is 6.08 Å². The molecule has 1 aromatic carbocycles. The lowest BCUT2D eigenvalue weighted by molar-refractivity contribution is 0.555. The third-order valence-electron chi connectivity index (χ3n) is 2.69. The first-order chi connectivity index (χ1) is 7.17. The Bertz CT molecular complexity index is 339. The zero-order chi connectivity index (χ0) is 11.3. The van der Waals surface area contributed by atoms with Gasteiger partial charge in [0.15, 0.2) is 0 Å². The van der Waals surface area contributed by atoms with Crippen molar-refractivity contribution in [2.75, 3.05) is 0 Å².